The van der Waals surface area contributed by atoms with Crippen molar-refractivity contribution in [3.8, 4) is 0 Å². The molecule has 1 atom stereocenters. The Morgan fingerprint density at radius 2 is 1.96 bits per heavy atom. The molecule has 3 rings (SSSR count). The molecule has 1 saturated heterocycles. The number of hydrogen-bond donors (Lipinski definition) is 3. The summed E-state index contributed by atoms with van der Waals surface area (Å²) in [6.07, 6.45) is 2.68. The molecule has 148 valence electrons. The first kappa shape index (κ1) is 20.1. The summed E-state index contributed by atoms with van der Waals surface area (Å²) in [5.74, 6) is 0.253. The van der Waals surface area contributed by atoms with Crippen molar-refractivity contribution in [2.24, 2.45) is 17.1 Å². The number of aliphatic hydroxyl groups excluding tert-OH is 1. The molecule has 1 aromatic heterocycles. The number of nitrogens with two attached hydrogens (primary N) is 1. The highest BCUT2D eigenvalue weighted by molar-refractivity contribution is 6.31. The predicted octanol–water partition coefficient (Wildman–Crippen LogP) is 3.25. The molecule has 6 nitrogen and oxygen atoms in total. The van der Waals surface area contributed by atoms with E-state index in [0.29, 0.717) is 18.1 Å². The number of hydrogen-bond acceptors (Lipinski definition) is 4. The van der Waals surface area contributed by atoms with Crippen molar-refractivity contribution in [1.29, 1.82) is 0 Å². The molecule has 7 heteroatoms. The van der Waals surface area contributed by atoms with E-state index in [1.54, 1.807) is 20.0 Å². The molecule has 1 aliphatic heterocycles. The summed E-state index contributed by atoms with van der Waals surface area (Å²) in [7, 11) is 0. The van der Waals surface area contributed by atoms with E-state index in [0.717, 1.165) is 29.3 Å². The van der Waals surface area contributed by atoms with Gasteiger partial charge >= 0.3 is 0 Å². The second-order valence-electron chi connectivity index (χ2n) is 8.84. The minimum atomic E-state index is -0.852. The lowest BCUT2D eigenvalue weighted by atomic mass is 9.68. The molecule has 0 aliphatic carbocycles. The van der Waals surface area contributed by atoms with Crippen LogP contribution in [0, 0.1) is 11.3 Å². The maximum Gasteiger partial charge on any atom is 0.242 e. The molecular weight excluding hydrogens is 364 g/mol. The van der Waals surface area contributed by atoms with Gasteiger partial charge in [0, 0.05) is 29.1 Å². The number of rotatable bonds is 4. The maximum atomic E-state index is 12.4. The van der Waals surface area contributed by atoms with E-state index in [2.05, 4.69) is 24.0 Å². The van der Waals surface area contributed by atoms with Gasteiger partial charge in [-0.05, 0) is 50.2 Å². The number of H-pyrrole nitrogens is 1. The lowest BCUT2D eigenvalue weighted by molar-refractivity contribution is -0.138. The van der Waals surface area contributed by atoms with Crippen molar-refractivity contribution in [2.75, 3.05) is 13.1 Å². The van der Waals surface area contributed by atoms with Crippen LogP contribution in [0.5, 0.6) is 0 Å². The van der Waals surface area contributed by atoms with E-state index in [4.69, 9.17) is 17.3 Å². The quantitative estimate of drug-likeness (QED) is 0.744. The van der Waals surface area contributed by atoms with Crippen molar-refractivity contribution in [3.63, 3.8) is 0 Å². The minimum absolute atomic E-state index is 0.0201. The fraction of sp³-hybridized carbons (Fsp3) is 0.600. The zero-order valence-electron chi connectivity index (χ0n) is 16.4. The van der Waals surface area contributed by atoms with E-state index in [-0.39, 0.29) is 17.2 Å². The van der Waals surface area contributed by atoms with Crippen molar-refractivity contribution in [2.45, 2.75) is 52.2 Å². The van der Waals surface area contributed by atoms with Gasteiger partial charge in [0.1, 0.15) is 0 Å². The van der Waals surface area contributed by atoms with Crippen LogP contribution in [0.2, 0.25) is 5.02 Å². The smallest absolute Gasteiger partial charge is 0.242 e. The first-order chi connectivity index (χ1) is 12.5. The predicted molar refractivity (Wildman–Crippen MR) is 107 cm³/mol. The molecule has 0 saturated carbocycles. The third-order valence-corrected chi connectivity index (χ3v) is 6.15. The van der Waals surface area contributed by atoms with Crippen LogP contribution in [0.3, 0.4) is 0 Å². The van der Waals surface area contributed by atoms with E-state index in [9.17, 15) is 9.90 Å². The average molecular weight is 393 g/mol. The summed E-state index contributed by atoms with van der Waals surface area (Å²) in [5, 5.41) is 19.8. The second-order valence-corrected chi connectivity index (χ2v) is 9.28. The zero-order chi connectivity index (χ0) is 20.0. The van der Waals surface area contributed by atoms with Crippen molar-refractivity contribution < 1.29 is 9.90 Å². The number of piperidine rings is 1. The minimum Gasteiger partial charge on any atom is -0.388 e. The third-order valence-electron chi connectivity index (χ3n) is 5.93. The number of aromatic amines is 1. The Hall–Kier alpha value is -1.63. The first-order valence-corrected chi connectivity index (χ1v) is 9.78. The summed E-state index contributed by atoms with van der Waals surface area (Å²) in [6.45, 7) is 8.96. The van der Waals surface area contributed by atoms with Crippen molar-refractivity contribution in [1.82, 2.24) is 15.1 Å². The molecule has 1 amide bonds. The number of nitrogens with one attached hydrogen (secondary N) is 1. The number of aliphatic hydroxyl groups is 1. The van der Waals surface area contributed by atoms with Gasteiger partial charge in [-0.3, -0.25) is 9.89 Å². The molecule has 0 unspecified atom stereocenters. The third kappa shape index (κ3) is 3.84. The van der Waals surface area contributed by atoms with E-state index >= 15 is 0 Å². The highest BCUT2D eigenvalue weighted by atomic mass is 35.5. The number of likely N-dealkylation sites (tertiary alicyclic amines) is 1. The van der Waals surface area contributed by atoms with E-state index in [1.807, 2.05) is 17.0 Å². The van der Waals surface area contributed by atoms with Gasteiger partial charge in [0.2, 0.25) is 5.91 Å². The van der Waals surface area contributed by atoms with Gasteiger partial charge in [-0.15, -0.1) is 0 Å². The second kappa shape index (κ2) is 7.08. The van der Waals surface area contributed by atoms with Crippen LogP contribution < -0.4 is 5.73 Å². The lowest BCUT2D eigenvalue weighted by Crippen LogP contribution is -2.54. The number of benzene rings is 1. The van der Waals surface area contributed by atoms with Gasteiger partial charge in [0.25, 0.3) is 0 Å². The molecule has 4 N–H and O–H groups in total. The van der Waals surface area contributed by atoms with Crippen LogP contribution in [0.25, 0.3) is 10.9 Å². The number of fused-ring (bicyclic) bond motifs is 1. The number of nitrogens with zero attached hydrogens (tertiary/aromatic N) is 2. The van der Waals surface area contributed by atoms with E-state index in [1.165, 1.54) is 0 Å². The van der Waals surface area contributed by atoms with Gasteiger partial charge in [-0.1, -0.05) is 25.4 Å². The van der Waals surface area contributed by atoms with Gasteiger partial charge < -0.3 is 15.7 Å². The number of halogens is 1. The highest BCUT2D eigenvalue weighted by Crippen LogP contribution is 2.46. The van der Waals surface area contributed by atoms with Crippen LogP contribution in [-0.4, -0.2) is 44.7 Å². The molecule has 1 fully saturated rings. The number of carbonyl (C=O) groups excluding carboxylic acids is 1. The summed E-state index contributed by atoms with van der Waals surface area (Å²) in [6, 6.07) is 3.65. The fourth-order valence-electron chi connectivity index (χ4n) is 4.12. The lowest BCUT2D eigenvalue weighted by Gasteiger charge is -2.44. The molecule has 2 heterocycles. The molecule has 27 heavy (non-hydrogen) atoms. The van der Waals surface area contributed by atoms with Crippen LogP contribution >= 0.6 is 11.6 Å². The Labute approximate surface area is 165 Å². The largest absolute Gasteiger partial charge is 0.388 e. The topological polar surface area (TPSA) is 95.2 Å². The van der Waals surface area contributed by atoms with Gasteiger partial charge in [-0.25, -0.2) is 0 Å². The molecule has 0 spiro atoms. The number of amides is 1. The first-order valence-electron chi connectivity index (χ1n) is 9.40. The molecule has 0 bridgehead atoms. The molecule has 1 aliphatic rings. The Morgan fingerprint density at radius 1 is 1.33 bits per heavy atom. The van der Waals surface area contributed by atoms with Gasteiger partial charge in [-0.2, -0.15) is 5.10 Å². The average Bonchev–Trinajstić information content (AvgIpc) is 3.07. The van der Waals surface area contributed by atoms with Crippen molar-refractivity contribution in [3.05, 3.63) is 28.9 Å². The number of carbonyl (C=O) groups is 1. The van der Waals surface area contributed by atoms with Crippen LogP contribution in [0.1, 0.15) is 52.2 Å². The van der Waals surface area contributed by atoms with Crippen LogP contribution in [-0.2, 0) is 4.79 Å². The van der Waals surface area contributed by atoms with Crippen molar-refractivity contribution >= 4 is 28.4 Å². The fourth-order valence-corrected chi connectivity index (χ4v) is 4.36. The van der Waals surface area contributed by atoms with E-state index < -0.39 is 11.6 Å². The number of aromatic nitrogens is 2. The molecular formula is C20H29ClN4O2. The highest BCUT2D eigenvalue weighted by Gasteiger charge is 2.41. The molecule has 2 aromatic rings. The molecule has 1 aromatic carbocycles. The SMILES string of the molecule is CC(C)(N)C(=O)N1CCC(C(C)(C)[C@H](O)c2cc(Cl)cc3cn[nH]c23)CC1. The zero-order valence-corrected chi connectivity index (χ0v) is 17.2. The summed E-state index contributed by atoms with van der Waals surface area (Å²) >= 11 is 6.25. The normalized spacial score (nSPS) is 18.1. The monoisotopic (exact) mass is 392 g/mol. The summed E-state index contributed by atoms with van der Waals surface area (Å²) in [5.41, 5.74) is 6.31. The van der Waals surface area contributed by atoms with Crippen LogP contribution in [0.4, 0.5) is 0 Å². The Bertz CT molecular complexity index is 832. The molecule has 0 radical (unpaired) electrons. The Balaban J connectivity index is 1.78. The van der Waals surface area contributed by atoms with Gasteiger partial charge in [0.15, 0.2) is 0 Å². The Kier molecular flexibility index (Phi) is 5.27. The Morgan fingerprint density at radius 3 is 2.56 bits per heavy atom. The maximum absolute atomic E-state index is 12.4. The van der Waals surface area contributed by atoms with Gasteiger partial charge in [0.05, 0.1) is 23.4 Å². The summed E-state index contributed by atoms with van der Waals surface area (Å²) in [4.78, 5) is 14.3. The standard InChI is InChI=1S/C20H29ClN4O2/c1-19(2,13-5-7-25(8-6-13)18(27)20(3,4)22)17(26)15-10-14(21)9-12-11-23-24-16(12)15/h9-11,13,17,26H,5-8,22H2,1-4H3,(H,23,24)/t17-/m1/s1. The summed E-state index contributed by atoms with van der Waals surface area (Å²) < 4.78 is 0. The van der Waals surface area contributed by atoms with Crippen LogP contribution in [0.15, 0.2) is 18.3 Å².